The molecule has 3 aromatic rings. The minimum Gasteiger partial charge on any atom is -0.508 e. The van der Waals surface area contributed by atoms with E-state index in [4.69, 9.17) is 13.9 Å². The Labute approximate surface area is 199 Å². The lowest BCUT2D eigenvalue weighted by Gasteiger charge is -2.49. The third-order valence-corrected chi connectivity index (χ3v) is 5.70. The van der Waals surface area contributed by atoms with Crippen LogP contribution in [-0.4, -0.2) is 88.4 Å². The van der Waals surface area contributed by atoms with Gasteiger partial charge in [0.25, 0.3) is 5.79 Å². The zero-order valence-corrected chi connectivity index (χ0v) is 18.0. The van der Waals surface area contributed by atoms with E-state index in [2.05, 4.69) is 0 Å². The molecule has 4 rings (SSSR count). The minimum absolute atomic E-state index is 0.0341. The van der Waals surface area contributed by atoms with E-state index in [-0.39, 0.29) is 17.1 Å². The summed E-state index contributed by atoms with van der Waals surface area (Å²) in [6.45, 7) is -1.44. The molecule has 2 heterocycles. The molecule has 1 aliphatic heterocycles. The summed E-state index contributed by atoms with van der Waals surface area (Å²) in [4.78, 5) is 24.1. The van der Waals surface area contributed by atoms with Gasteiger partial charge in [-0.25, -0.2) is 4.79 Å². The molecule has 9 N–H and O–H groups in total. The molecule has 0 radical (unpaired) electrons. The number of ether oxygens (including phenoxy) is 2. The number of aliphatic carboxylic acids is 1. The van der Waals surface area contributed by atoms with E-state index >= 15 is 0 Å². The quantitative estimate of drug-likeness (QED) is 0.141. The van der Waals surface area contributed by atoms with Crippen LogP contribution in [0.3, 0.4) is 0 Å². The summed E-state index contributed by atoms with van der Waals surface area (Å²) in [5.41, 5.74) is -0.852. The van der Waals surface area contributed by atoms with Gasteiger partial charge in [-0.1, -0.05) is 0 Å². The topological polar surface area (TPSA) is 248 Å². The number of rotatable bonds is 5. The summed E-state index contributed by atoms with van der Waals surface area (Å²) in [7, 11) is 0. The summed E-state index contributed by atoms with van der Waals surface area (Å²) < 4.78 is 15.9. The van der Waals surface area contributed by atoms with Gasteiger partial charge in [-0.05, 0) is 24.3 Å². The number of fused-ring (bicyclic) bond motifs is 1. The van der Waals surface area contributed by atoms with Crippen LogP contribution in [0.2, 0.25) is 0 Å². The van der Waals surface area contributed by atoms with Gasteiger partial charge in [0.1, 0.15) is 35.2 Å². The standard InChI is InChI=1S/C22H20O14/c23-7-21(20(31)22(32,33)18(28)17(36-21)19(29)30)35-13-6-12-14(16(27)15(13)26)10(25)5-11(34-12)8-1-3-9(24)4-2-8/h1-6,17-18,20,23-24,26-28,31-33H,7H2,(H,29,30). The van der Waals surface area contributed by atoms with Crippen molar-refractivity contribution in [2.24, 2.45) is 0 Å². The fourth-order valence-corrected chi connectivity index (χ4v) is 3.77. The van der Waals surface area contributed by atoms with Crippen molar-refractivity contribution >= 4 is 16.9 Å². The average molecular weight is 508 g/mol. The maximum atomic E-state index is 12.6. The van der Waals surface area contributed by atoms with Crippen molar-refractivity contribution in [3.63, 3.8) is 0 Å². The molecular formula is C22H20O14. The fourth-order valence-electron chi connectivity index (χ4n) is 3.77. The van der Waals surface area contributed by atoms with E-state index < -0.39 is 70.5 Å². The van der Waals surface area contributed by atoms with Gasteiger partial charge in [0, 0.05) is 17.7 Å². The van der Waals surface area contributed by atoms with E-state index in [9.17, 15) is 55.5 Å². The van der Waals surface area contributed by atoms with Crippen LogP contribution in [0.25, 0.3) is 22.3 Å². The summed E-state index contributed by atoms with van der Waals surface area (Å²) in [5.74, 6) is -11.6. The lowest BCUT2D eigenvalue weighted by molar-refractivity contribution is -0.411. The number of carboxylic acids is 1. The molecule has 0 saturated carbocycles. The van der Waals surface area contributed by atoms with Gasteiger partial charge in [0.15, 0.2) is 29.1 Å². The fraction of sp³-hybridized carbons (Fsp3) is 0.273. The maximum Gasteiger partial charge on any atom is 0.335 e. The second kappa shape index (κ2) is 8.63. The first-order valence-corrected chi connectivity index (χ1v) is 10.2. The van der Waals surface area contributed by atoms with Crippen LogP contribution in [0.1, 0.15) is 0 Å². The van der Waals surface area contributed by atoms with E-state index in [0.717, 1.165) is 12.1 Å². The van der Waals surface area contributed by atoms with Crippen LogP contribution in [0, 0.1) is 0 Å². The van der Waals surface area contributed by atoms with Crippen LogP contribution < -0.4 is 10.2 Å². The average Bonchev–Trinajstić information content (AvgIpc) is 2.83. The smallest absolute Gasteiger partial charge is 0.335 e. The number of hydrogen-bond donors (Lipinski definition) is 9. The molecule has 1 saturated heterocycles. The Kier molecular flexibility index (Phi) is 6.04. The molecule has 14 heteroatoms. The Morgan fingerprint density at radius 2 is 1.67 bits per heavy atom. The van der Waals surface area contributed by atoms with Gasteiger partial charge >= 0.3 is 5.97 Å². The van der Waals surface area contributed by atoms with Crippen molar-refractivity contribution in [3.05, 3.63) is 46.6 Å². The maximum absolute atomic E-state index is 12.6. The third kappa shape index (κ3) is 3.87. The highest BCUT2D eigenvalue weighted by molar-refractivity contribution is 5.89. The van der Waals surface area contributed by atoms with Crippen molar-refractivity contribution < 1.29 is 64.6 Å². The Bertz CT molecular complexity index is 1380. The highest BCUT2D eigenvalue weighted by Gasteiger charge is 2.65. The van der Waals surface area contributed by atoms with Gasteiger partial charge in [0.2, 0.25) is 11.5 Å². The molecule has 1 aliphatic rings. The molecule has 4 atom stereocenters. The lowest BCUT2D eigenvalue weighted by Crippen LogP contribution is -2.75. The lowest BCUT2D eigenvalue weighted by atomic mass is 9.89. The van der Waals surface area contributed by atoms with Gasteiger partial charge in [0.05, 0.1) is 0 Å². The summed E-state index contributed by atoms with van der Waals surface area (Å²) >= 11 is 0. The SMILES string of the molecule is O=C(O)C1OC(CO)(Oc2cc3oc(-c4ccc(O)cc4)cc(=O)c3c(O)c2O)C(O)C(O)(O)C1O. The van der Waals surface area contributed by atoms with Crippen molar-refractivity contribution in [1.29, 1.82) is 0 Å². The Balaban J connectivity index is 1.86. The van der Waals surface area contributed by atoms with Gasteiger partial charge in [-0.2, -0.15) is 0 Å². The number of aromatic hydroxyl groups is 3. The second-order valence-corrected chi connectivity index (χ2v) is 8.05. The Morgan fingerprint density at radius 3 is 2.25 bits per heavy atom. The largest absolute Gasteiger partial charge is 0.508 e. The monoisotopic (exact) mass is 508 g/mol. The van der Waals surface area contributed by atoms with E-state index in [1.165, 1.54) is 24.3 Å². The second-order valence-electron chi connectivity index (χ2n) is 8.05. The normalized spacial score (nSPS) is 25.5. The van der Waals surface area contributed by atoms with Crippen LogP contribution in [0.15, 0.2) is 45.6 Å². The number of phenolic OH excluding ortho intramolecular Hbond substituents is 3. The van der Waals surface area contributed by atoms with E-state index in [1.54, 1.807) is 0 Å². The Morgan fingerprint density at radius 1 is 1.03 bits per heavy atom. The first kappa shape index (κ1) is 25.2. The molecule has 1 fully saturated rings. The van der Waals surface area contributed by atoms with Gasteiger partial charge in [-0.15, -0.1) is 0 Å². The van der Waals surface area contributed by atoms with Crippen LogP contribution in [0.5, 0.6) is 23.0 Å². The van der Waals surface area contributed by atoms with Crippen molar-refractivity contribution in [1.82, 2.24) is 0 Å². The van der Waals surface area contributed by atoms with Crippen molar-refractivity contribution in [2.75, 3.05) is 6.61 Å². The number of hydrogen-bond acceptors (Lipinski definition) is 13. The predicted octanol–water partition coefficient (Wildman–Crippen LogP) is -1.47. The minimum atomic E-state index is -3.57. The van der Waals surface area contributed by atoms with Gasteiger partial charge < -0.3 is 59.8 Å². The Hall–Kier alpha value is -3.92. The van der Waals surface area contributed by atoms with Crippen LogP contribution in [-0.2, 0) is 9.53 Å². The number of carboxylic acid groups (broad SMARTS) is 1. The molecule has 192 valence electrons. The van der Waals surface area contributed by atoms with E-state index in [0.29, 0.717) is 5.56 Å². The van der Waals surface area contributed by atoms with Crippen molar-refractivity contribution in [3.8, 4) is 34.3 Å². The highest BCUT2D eigenvalue weighted by Crippen LogP contribution is 2.45. The zero-order valence-electron chi connectivity index (χ0n) is 18.0. The van der Waals surface area contributed by atoms with Gasteiger partial charge in [-0.3, -0.25) is 4.79 Å². The molecule has 0 amide bonds. The predicted molar refractivity (Wildman–Crippen MR) is 115 cm³/mol. The van der Waals surface area contributed by atoms with Crippen molar-refractivity contribution in [2.45, 2.75) is 29.9 Å². The molecule has 4 unspecified atom stereocenters. The molecule has 14 nitrogen and oxygen atoms in total. The number of aliphatic hydroxyl groups excluding tert-OH is 3. The van der Waals surface area contributed by atoms with Crippen LogP contribution in [0.4, 0.5) is 0 Å². The molecular weight excluding hydrogens is 488 g/mol. The molecule has 2 aromatic carbocycles. The number of phenols is 3. The number of aliphatic hydroxyl groups is 5. The number of carbonyl (C=O) groups is 1. The zero-order chi connectivity index (χ0) is 26.6. The summed E-state index contributed by atoms with van der Waals surface area (Å²) in [5, 5.41) is 89.5. The molecule has 36 heavy (non-hydrogen) atoms. The molecule has 0 spiro atoms. The molecule has 0 bridgehead atoms. The van der Waals surface area contributed by atoms with E-state index in [1.807, 2.05) is 0 Å². The highest BCUT2D eigenvalue weighted by atomic mass is 16.7. The van der Waals surface area contributed by atoms with Crippen LogP contribution >= 0.6 is 0 Å². The first-order chi connectivity index (χ1) is 16.8. The first-order valence-electron chi connectivity index (χ1n) is 10.2. The third-order valence-electron chi connectivity index (χ3n) is 5.70. The summed E-state index contributed by atoms with van der Waals surface area (Å²) in [6.07, 6.45) is -7.73. The molecule has 0 aliphatic carbocycles. The molecule has 1 aromatic heterocycles. The summed E-state index contributed by atoms with van der Waals surface area (Å²) in [6, 6.07) is 7.31. The number of benzene rings is 2.